The molecule has 0 atom stereocenters. The lowest BCUT2D eigenvalue weighted by Crippen LogP contribution is -2.03. The van der Waals surface area contributed by atoms with Gasteiger partial charge in [0.25, 0.3) is 0 Å². The van der Waals surface area contributed by atoms with Gasteiger partial charge >= 0.3 is 0 Å². The lowest BCUT2D eigenvalue weighted by molar-refractivity contribution is 0.685. The second kappa shape index (κ2) is 5.78. The van der Waals surface area contributed by atoms with Crippen molar-refractivity contribution in [2.75, 3.05) is 5.32 Å². The normalized spacial score (nSPS) is 10.8. The third-order valence-electron chi connectivity index (χ3n) is 3.56. The van der Waals surface area contributed by atoms with Crippen LogP contribution in [0.5, 0.6) is 0 Å². The standard InChI is InChI=1S/C15H18N6/c1-12-14(8-18-20(12)2)7-17-15-5-3-4-13(6-15)9-21-11-16-10-19-21/h3-6,8,10-11,17H,7,9H2,1-2H3. The van der Waals surface area contributed by atoms with Crippen LogP contribution < -0.4 is 5.32 Å². The molecule has 0 saturated carbocycles. The third kappa shape index (κ3) is 3.10. The van der Waals surface area contributed by atoms with Gasteiger partial charge in [-0.15, -0.1) is 0 Å². The number of nitrogens with one attached hydrogen (secondary N) is 1. The Hall–Kier alpha value is -2.63. The molecule has 108 valence electrons. The van der Waals surface area contributed by atoms with E-state index < -0.39 is 0 Å². The van der Waals surface area contributed by atoms with Gasteiger partial charge in [-0.2, -0.15) is 10.2 Å². The van der Waals surface area contributed by atoms with Crippen molar-refractivity contribution < 1.29 is 0 Å². The maximum atomic E-state index is 4.25. The van der Waals surface area contributed by atoms with Crippen LogP contribution in [0.15, 0.2) is 43.1 Å². The van der Waals surface area contributed by atoms with Gasteiger partial charge in [0, 0.05) is 30.5 Å². The third-order valence-corrected chi connectivity index (χ3v) is 3.56. The number of hydrogen-bond acceptors (Lipinski definition) is 4. The monoisotopic (exact) mass is 282 g/mol. The zero-order chi connectivity index (χ0) is 14.7. The minimum atomic E-state index is 0.724. The summed E-state index contributed by atoms with van der Waals surface area (Å²) in [5, 5.41) is 11.8. The highest BCUT2D eigenvalue weighted by molar-refractivity contribution is 5.46. The largest absolute Gasteiger partial charge is 0.381 e. The molecule has 3 aromatic rings. The van der Waals surface area contributed by atoms with E-state index in [1.165, 1.54) is 16.8 Å². The quantitative estimate of drug-likeness (QED) is 0.777. The molecule has 1 N–H and O–H groups in total. The molecule has 0 spiro atoms. The van der Waals surface area contributed by atoms with Gasteiger partial charge in [-0.25, -0.2) is 9.67 Å². The highest BCUT2D eigenvalue weighted by atomic mass is 15.3. The van der Waals surface area contributed by atoms with Gasteiger partial charge in [0.1, 0.15) is 12.7 Å². The first-order valence-electron chi connectivity index (χ1n) is 6.85. The van der Waals surface area contributed by atoms with Crippen molar-refractivity contribution in [1.29, 1.82) is 0 Å². The zero-order valence-corrected chi connectivity index (χ0v) is 12.2. The van der Waals surface area contributed by atoms with Gasteiger partial charge < -0.3 is 5.32 Å². The lowest BCUT2D eigenvalue weighted by Gasteiger charge is -2.08. The van der Waals surface area contributed by atoms with Crippen LogP contribution in [-0.4, -0.2) is 24.5 Å². The molecule has 0 aliphatic heterocycles. The van der Waals surface area contributed by atoms with E-state index in [2.05, 4.69) is 45.6 Å². The van der Waals surface area contributed by atoms with Crippen molar-refractivity contribution in [3.05, 3.63) is 59.9 Å². The maximum absolute atomic E-state index is 4.25. The topological polar surface area (TPSA) is 60.6 Å². The molecule has 0 aliphatic rings. The van der Waals surface area contributed by atoms with Crippen molar-refractivity contribution in [3.63, 3.8) is 0 Å². The van der Waals surface area contributed by atoms with Gasteiger partial charge in [0.2, 0.25) is 0 Å². The van der Waals surface area contributed by atoms with Crippen LogP contribution in [0.25, 0.3) is 0 Å². The minimum Gasteiger partial charge on any atom is -0.381 e. The summed E-state index contributed by atoms with van der Waals surface area (Å²) in [6, 6.07) is 8.33. The summed E-state index contributed by atoms with van der Waals surface area (Å²) in [7, 11) is 1.96. The molecule has 2 heterocycles. The smallest absolute Gasteiger partial charge is 0.137 e. The van der Waals surface area contributed by atoms with Crippen molar-refractivity contribution in [2.45, 2.75) is 20.0 Å². The molecule has 6 nitrogen and oxygen atoms in total. The number of hydrogen-bond donors (Lipinski definition) is 1. The molecule has 0 amide bonds. The predicted molar refractivity (Wildman–Crippen MR) is 80.8 cm³/mol. The molecule has 0 saturated heterocycles. The van der Waals surface area contributed by atoms with Crippen molar-refractivity contribution >= 4 is 5.69 Å². The van der Waals surface area contributed by atoms with Crippen molar-refractivity contribution in [2.24, 2.45) is 7.05 Å². The fourth-order valence-electron chi connectivity index (χ4n) is 2.20. The fraction of sp³-hybridized carbons (Fsp3) is 0.267. The molecule has 21 heavy (non-hydrogen) atoms. The fourth-order valence-corrected chi connectivity index (χ4v) is 2.20. The molecule has 2 aromatic heterocycles. The molecular formula is C15H18N6. The number of anilines is 1. The molecule has 6 heteroatoms. The Balaban J connectivity index is 1.67. The molecule has 0 radical (unpaired) electrons. The van der Waals surface area contributed by atoms with E-state index in [-0.39, 0.29) is 0 Å². The van der Waals surface area contributed by atoms with Crippen LogP contribution in [-0.2, 0) is 20.1 Å². The van der Waals surface area contributed by atoms with Crippen LogP contribution in [0, 0.1) is 6.92 Å². The summed E-state index contributed by atoms with van der Waals surface area (Å²) in [6.45, 7) is 3.57. The Bertz CT molecular complexity index is 714. The van der Waals surface area contributed by atoms with E-state index in [4.69, 9.17) is 0 Å². The number of nitrogens with zero attached hydrogens (tertiary/aromatic N) is 5. The van der Waals surface area contributed by atoms with Crippen LogP contribution in [0.4, 0.5) is 5.69 Å². The Morgan fingerprint density at radius 1 is 1.24 bits per heavy atom. The summed E-state index contributed by atoms with van der Waals surface area (Å²) in [5.74, 6) is 0. The Morgan fingerprint density at radius 3 is 2.86 bits per heavy atom. The number of benzene rings is 1. The van der Waals surface area contributed by atoms with Crippen molar-refractivity contribution in [1.82, 2.24) is 24.5 Å². The second-order valence-electron chi connectivity index (χ2n) is 5.03. The summed E-state index contributed by atoms with van der Waals surface area (Å²) in [4.78, 5) is 3.96. The van der Waals surface area contributed by atoms with Crippen LogP contribution >= 0.6 is 0 Å². The van der Waals surface area contributed by atoms with E-state index in [0.29, 0.717) is 0 Å². The van der Waals surface area contributed by atoms with Crippen LogP contribution in [0.1, 0.15) is 16.8 Å². The summed E-state index contributed by atoms with van der Waals surface area (Å²) in [6.07, 6.45) is 5.17. The van der Waals surface area contributed by atoms with Crippen molar-refractivity contribution in [3.8, 4) is 0 Å². The first kappa shape index (κ1) is 13.4. The molecule has 0 bridgehead atoms. The summed E-state index contributed by atoms with van der Waals surface area (Å²) in [5.41, 5.74) is 4.67. The average Bonchev–Trinajstić information content (AvgIpc) is 3.10. The SMILES string of the molecule is Cc1c(CNc2cccc(Cn3cncn3)c2)cnn1C. The molecule has 0 aliphatic carbocycles. The summed E-state index contributed by atoms with van der Waals surface area (Å²) < 4.78 is 3.70. The van der Waals surface area contributed by atoms with Gasteiger partial charge in [-0.1, -0.05) is 12.1 Å². The van der Waals surface area contributed by atoms with Crippen LogP contribution in [0.3, 0.4) is 0 Å². The molecule has 3 rings (SSSR count). The van der Waals surface area contributed by atoms with Gasteiger partial charge in [0.05, 0.1) is 12.7 Å². The van der Waals surface area contributed by atoms with E-state index in [1.54, 1.807) is 12.7 Å². The minimum absolute atomic E-state index is 0.724. The Labute approximate surface area is 123 Å². The Kier molecular flexibility index (Phi) is 3.68. The number of rotatable bonds is 5. The van der Waals surface area contributed by atoms with Gasteiger partial charge in [-0.3, -0.25) is 4.68 Å². The Morgan fingerprint density at radius 2 is 2.14 bits per heavy atom. The molecular weight excluding hydrogens is 264 g/mol. The van der Waals surface area contributed by atoms with E-state index >= 15 is 0 Å². The highest BCUT2D eigenvalue weighted by Crippen LogP contribution is 2.14. The molecule has 1 aromatic carbocycles. The van der Waals surface area contributed by atoms with E-state index in [0.717, 1.165) is 18.8 Å². The van der Waals surface area contributed by atoms with E-state index in [1.807, 2.05) is 28.7 Å². The number of aromatic nitrogens is 5. The first-order valence-corrected chi connectivity index (χ1v) is 6.85. The van der Waals surface area contributed by atoms with E-state index in [9.17, 15) is 0 Å². The van der Waals surface area contributed by atoms with Gasteiger partial charge in [-0.05, 0) is 24.6 Å². The van der Waals surface area contributed by atoms with Gasteiger partial charge in [0.15, 0.2) is 0 Å². The highest BCUT2D eigenvalue weighted by Gasteiger charge is 2.03. The summed E-state index contributed by atoms with van der Waals surface area (Å²) >= 11 is 0. The predicted octanol–water partition coefficient (Wildman–Crippen LogP) is 1.98. The maximum Gasteiger partial charge on any atom is 0.137 e. The first-order chi connectivity index (χ1) is 10.2. The average molecular weight is 282 g/mol. The lowest BCUT2D eigenvalue weighted by atomic mass is 10.2. The molecule has 0 fully saturated rings. The molecule has 0 unspecified atom stereocenters. The second-order valence-corrected chi connectivity index (χ2v) is 5.03. The number of aryl methyl sites for hydroxylation is 1. The van der Waals surface area contributed by atoms with Crippen LogP contribution in [0.2, 0.25) is 0 Å². The zero-order valence-electron chi connectivity index (χ0n) is 12.2.